The van der Waals surface area contributed by atoms with Crippen molar-refractivity contribution in [3.8, 4) is 5.75 Å². The van der Waals surface area contributed by atoms with Crippen LogP contribution in [0, 0.1) is 6.92 Å². The van der Waals surface area contributed by atoms with E-state index in [1.807, 2.05) is 19.1 Å². The molecule has 0 fully saturated rings. The summed E-state index contributed by atoms with van der Waals surface area (Å²) in [4.78, 5) is 22.2. The van der Waals surface area contributed by atoms with E-state index in [1.54, 1.807) is 19.1 Å². The molecule has 86 valence electrons. The van der Waals surface area contributed by atoms with Gasteiger partial charge in [-0.3, -0.25) is 4.79 Å². The van der Waals surface area contributed by atoms with Gasteiger partial charge < -0.3 is 10.1 Å². The van der Waals surface area contributed by atoms with Gasteiger partial charge in [-0.1, -0.05) is 19.1 Å². The van der Waals surface area contributed by atoms with Crippen LogP contribution in [0.25, 0.3) is 0 Å². The van der Waals surface area contributed by atoms with Crippen LogP contribution in [0.3, 0.4) is 0 Å². The molecule has 1 rings (SSSR count). The highest BCUT2D eigenvalue weighted by atomic mass is 16.5. The van der Waals surface area contributed by atoms with Gasteiger partial charge in [-0.25, -0.2) is 4.79 Å². The van der Waals surface area contributed by atoms with Crippen molar-refractivity contribution < 1.29 is 14.3 Å². The molecule has 0 atom stereocenters. The van der Waals surface area contributed by atoms with Gasteiger partial charge in [-0.2, -0.15) is 0 Å². The molecular weight excluding hydrogens is 206 g/mol. The number of hydrogen-bond acceptors (Lipinski definition) is 3. The normalized spacial score (nSPS) is 9.62. The summed E-state index contributed by atoms with van der Waals surface area (Å²) < 4.78 is 5.04. The Morgan fingerprint density at radius 3 is 2.75 bits per heavy atom. The Kier molecular flexibility index (Phi) is 4.51. The second-order valence-corrected chi connectivity index (χ2v) is 3.42. The fourth-order valence-electron chi connectivity index (χ4n) is 1.14. The van der Waals surface area contributed by atoms with Gasteiger partial charge in [0.2, 0.25) is 5.91 Å². The topological polar surface area (TPSA) is 55.4 Å². The Morgan fingerprint density at radius 1 is 1.38 bits per heavy atom. The number of benzene rings is 1. The Morgan fingerprint density at radius 2 is 2.12 bits per heavy atom. The Labute approximate surface area is 94.6 Å². The Hall–Kier alpha value is -1.84. The van der Waals surface area contributed by atoms with Gasteiger partial charge in [-0.15, -0.1) is 0 Å². The summed E-state index contributed by atoms with van der Waals surface area (Å²) in [5.41, 5.74) is 1.02. The minimum absolute atomic E-state index is 0.0966. The lowest BCUT2D eigenvalue weighted by molar-refractivity contribution is -0.135. The Balaban J connectivity index is 2.43. The van der Waals surface area contributed by atoms with Gasteiger partial charge in [0.15, 0.2) is 0 Å². The molecule has 0 aliphatic heterocycles. The molecule has 0 saturated heterocycles. The molecule has 1 aromatic rings. The summed E-state index contributed by atoms with van der Waals surface area (Å²) in [5, 5.41) is 2.45. The van der Waals surface area contributed by atoms with E-state index in [9.17, 15) is 9.59 Å². The summed E-state index contributed by atoms with van der Waals surface area (Å²) in [7, 11) is 0. The highest BCUT2D eigenvalue weighted by Crippen LogP contribution is 2.12. The van der Waals surface area contributed by atoms with Gasteiger partial charge in [0, 0.05) is 6.42 Å². The minimum Gasteiger partial charge on any atom is -0.425 e. The first-order valence-corrected chi connectivity index (χ1v) is 5.16. The van der Waals surface area contributed by atoms with Crippen molar-refractivity contribution in [1.82, 2.24) is 5.32 Å². The number of carbonyl (C=O) groups is 2. The molecule has 0 aromatic heterocycles. The monoisotopic (exact) mass is 221 g/mol. The lowest BCUT2D eigenvalue weighted by Gasteiger charge is -2.05. The average molecular weight is 221 g/mol. The molecule has 4 nitrogen and oxygen atoms in total. The quantitative estimate of drug-likeness (QED) is 0.618. The van der Waals surface area contributed by atoms with Gasteiger partial charge in [0.1, 0.15) is 12.3 Å². The maximum Gasteiger partial charge on any atom is 0.330 e. The zero-order chi connectivity index (χ0) is 12.0. The Bertz CT molecular complexity index is 388. The minimum atomic E-state index is -0.465. The standard InChI is InChI=1S/C12H15NO3/c1-3-11(14)13-8-12(15)16-10-6-4-5-9(2)7-10/h4-7H,3,8H2,1-2H3,(H,13,14). The fraction of sp³-hybridized carbons (Fsp3) is 0.333. The van der Waals surface area contributed by atoms with E-state index in [4.69, 9.17) is 4.74 Å². The van der Waals surface area contributed by atoms with Gasteiger partial charge in [0.05, 0.1) is 0 Å². The summed E-state index contributed by atoms with van der Waals surface area (Å²) in [6, 6.07) is 7.19. The molecule has 0 bridgehead atoms. The predicted molar refractivity (Wildman–Crippen MR) is 60.1 cm³/mol. The molecule has 0 aliphatic rings. The number of esters is 1. The third-order valence-corrected chi connectivity index (χ3v) is 1.97. The average Bonchev–Trinajstić information content (AvgIpc) is 2.26. The van der Waals surface area contributed by atoms with Crippen LogP contribution < -0.4 is 10.1 Å². The lowest BCUT2D eigenvalue weighted by Crippen LogP contribution is -2.31. The number of aryl methyl sites for hydroxylation is 1. The predicted octanol–water partition coefficient (Wildman–Crippen LogP) is 1.43. The molecule has 4 heteroatoms. The molecule has 0 heterocycles. The molecule has 0 radical (unpaired) electrons. The molecule has 1 aromatic carbocycles. The molecule has 0 spiro atoms. The van der Waals surface area contributed by atoms with Gasteiger partial charge in [-0.05, 0) is 24.6 Å². The van der Waals surface area contributed by atoms with Crippen molar-refractivity contribution in [3.63, 3.8) is 0 Å². The zero-order valence-corrected chi connectivity index (χ0v) is 9.45. The summed E-state index contributed by atoms with van der Waals surface area (Å²) in [5.74, 6) is -0.135. The van der Waals surface area contributed by atoms with Crippen molar-refractivity contribution in [2.45, 2.75) is 20.3 Å². The van der Waals surface area contributed by atoms with Gasteiger partial charge >= 0.3 is 5.97 Å². The number of rotatable bonds is 4. The van der Waals surface area contributed by atoms with E-state index < -0.39 is 5.97 Å². The van der Waals surface area contributed by atoms with E-state index in [2.05, 4.69) is 5.32 Å². The lowest BCUT2D eigenvalue weighted by atomic mass is 10.2. The van der Waals surface area contributed by atoms with Crippen LogP contribution >= 0.6 is 0 Å². The number of carbonyl (C=O) groups excluding carboxylic acids is 2. The van der Waals surface area contributed by atoms with Crippen molar-refractivity contribution in [2.24, 2.45) is 0 Å². The first-order valence-electron chi connectivity index (χ1n) is 5.16. The van der Waals surface area contributed by atoms with Crippen LogP contribution in [0.5, 0.6) is 5.75 Å². The van der Waals surface area contributed by atoms with Crippen LogP contribution in [-0.2, 0) is 9.59 Å². The first kappa shape index (κ1) is 12.2. The van der Waals surface area contributed by atoms with E-state index in [0.29, 0.717) is 12.2 Å². The van der Waals surface area contributed by atoms with Crippen LogP contribution in [-0.4, -0.2) is 18.4 Å². The molecule has 0 aliphatic carbocycles. The fourth-order valence-corrected chi connectivity index (χ4v) is 1.14. The van der Waals surface area contributed by atoms with Crippen molar-refractivity contribution in [1.29, 1.82) is 0 Å². The maximum atomic E-state index is 11.3. The smallest absolute Gasteiger partial charge is 0.330 e. The highest BCUT2D eigenvalue weighted by Gasteiger charge is 2.06. The SMILES string of the molecule is CCC(=O)NCC(=O)Oc1cccc(C)c1. The van der Waals surface area contributed by atoms with Crippen LogP contribution in [0.2, 0.25) is 0 Å². The van der Waals surface area contributed by atoms with E-state index >= 15 is 0 Å². The van der Waals surface area contributed by atoms with Crippen molar-refractivity contribution in [3.05, 3.63) is 29.8 Å². The summed E-state index contributed by atoms with van der Waals surface area (Å²) >= 11 is 0. The number of nitrogens with one attached hydrogen (secondary N) is 1. The molecule has 0 saturated carbocycles. The van der Waals surface area contributed by atoms with Crippen molar-refractivity contribution in [2.75, 3.05) is 6.54 Å². The third kappa shape index (κ3) is 4.13. The van der Waals surface area contributed by atoms with Crippen molar-refractivity contribution >= 4 is 11.9 Å². The molecule has 0 unspecified atom stereocenters. The highest BCUT2D eigenvalue weighted by molar-refractivity contribution is 5.82. The van der Waals surface area contributed by atoms with E-state index in [-0.39, 0.29) is 12.5 Å². The van der Waals surface area contributed by atoms with E-state index in [0.717, 1.165) is 5.56 Å². The molecule has 1 amide bonds. The molecular formula is C12H15NO3. The third-order valence-electron chi connectivity index (χ3n) is 1.97. The second-order valence-electron chi connectivity index (χ2n) is 3.42. The maximum absolute atomic E-state index is 11.3. The zero-order valence-electron chi connectivity index (χ0n) is 9.45. The molecule has 16 heavy (non-hydrogen) atoms. The number of amides is 1. The van der Waals surface area contributed by atoms with Gasteiger partial charge in [0.25, 0.3) is 0 Å². The van der Waals surface area contributed by atoms with E-state index in [1.165, 1.54) is 0 Å². The summed E-state index contributed by atoms with van der Waals surface area (Å²) in [6.45, 7) is 3.54. The largest absolute Gasteiger partial charge is 0.425 e. The van der Waals surface area contributed by atoms with Crippen LogP contribution in [0.15, 0.2) is 24.3 Å². The second kappa shape index (κ2) is 5.90. The van der Waals surface area contributed by atoms with Crippen LogP contribution in [0.1, 0.15) is 18.9 Å². The number of hydrogen-bond donors (Lipinski definition) is 1. The number of ether oxygens (including phenoxy) is 1. The van der Waals surface area contributed by atoms with Crippen LogP contribution in [0.4, 0.5) is 0 Å². The first-order chi connectivity index (χ1) is 7.61. The summed E-state index contributed by atoms with van der Waals surface area (Å²) in [6.07, 6.45) is 0.359. The molecule has 1 N–H and O–H groups in total.